The predicted molar refractivity (Wildman–Crippen MR) is 99.1 cm³/mol. The minimum absolute atomic E-state index is 0.0635. The Labute approximate surface area is 154 Å². The normalized spacial score (nSPS) is 38.4. The van der Waals surface area contributed by atoms with Gasteiger partial charge in [-0.25, -0.2) is 4.98 Å². The number of amides is 1. The molecule has 4 aliphatic carbocycles. The van der Waals surface area contributed by atoms with E-state index in [0.717, 1.165) is 64.1 Å². The summed E-state index contributed by atoms with van der Waals surface area (Å²) in [4.78, 5) is 19.7. The molecule has 26 heavy (non-hydrogen) atoms. The average Bonchev–Trinajstić information content (AvgIpc) is 2.64. The van der Waals surface area contributed by atoms with Crippen LogP contribution in [0.25, 0.3) is 0 Å². The molecule has 5 fully saturated rings. The Hall–Kier alpha value is -1.66. The highest BCUT2D eigenvalue weighted by Crippen LogP contribution is 2.55. The van der Waals surface area contributed by atoms with Crippen molar-refractivity contribution in [2.75, 3.05) is 31.1 Å². The molecule has 6 rings (SSSR count). The van der Waals surface area contributed by atoms with E-state index in [4.69, 9.17) is 0 Å². The highest BCUT2D eigenvalue weighted by molar-refractivity contribution is 5.93. The molecule has 6 heteroatoms. The van der Waals surface area contributed by atoms with Crippen LogP contribution in [0.4, 0.5) is 5.82 Å². The molecule has 4 saturated carbocycles. The molecule has 5 aliphatic rings. The zero-order valence-corrected chi connectivity index (χ0v) is 15.2. The zero-order valence-electron chi connectivity index (χ0n) is 15.2. The van der Waals surface area contributed by atoms with Gasteiger partial charge in [-0.05, 0) is 62.0 Å². The number of aromatic nitrogens is 1. The van der Waals surface area contributed by atoms with Gasteiger partial charge < -0.3 is 20.6 Å². The fourth-order valence-corrected chi connectivity index (χ4v) is 6.06. The first-order valence-corrected chi connectivity index (χ1v) is 10.1. The van der Waals surface area contributed by atoms with Gasteiger partial charge in [0.05, 0.1) is 5.60 Å². The lowest BCUT2D eigenvalue weighted by atomic mass is 9.52. The van der Waals surface area contributed by atoms with Crippen LogP contribution in [-0.4, -0.2) is 53.8 Å². The Morgan fingerprint density at radius 2 is 1.92 bits per heavy atom. The molecule has 6 nitrogen and oxygen atoms in total. The number of piperazine rings is 1. The van der Waals surface area contributed by atoms with Crippen LogP contribution < -0.4 is 15.5 Å². The first-order valence-electron chi connectivity index (χ1n) is 10.1. The lowest BCUT2D eigenvalue weighted by Crippen LogP contribution is -2.61. The van der Waals surface area contributed by atoms with Crippen LogP contribution in [0, 0.1) is 17.8 Å². The quantitative estimate of drug-likeness (QED) is 0.758. The van der Waals surface area contributed by atoms with Crippen LogP contribution in [0.15, 0.2) is 18.2 Å². The molecule has 140 valence electrons. The maximum absolute atomic E-state index is 12.9. The topological polar surface area (TPSA) is 77.5 Å². The van der Waals surface area contributed by atoms with Crippen molar-refractivity contribution in [2.24, 2.45) is 17.8 Å². The number of hydrogen-bond acceptors (Lipinski definition) is 5. The summed E-state index contributed by atoms with van der Waals surface area (Å²) in [6, 6.07) is 5.92. The number of carbonyl (C=O) groups excluding carboxylic acids is 1. The summed E-state index contributed by atoms with van der Waals surface area (Å²) in [5.74, 6) is 2.32. The molecule has 2 heterocycles. The number of rotatable bonds is 3. The van der Waals surface area contributed by atoms with Crippen molar-refractivity contribution in [2.45, 2.75) is 43.7 Å². The summed E-state index contributed by atoms with van der Waals surface area (Å²) in [6.07, 6.45) is 4.96. The minimum Gasteiger partial charge on any atom is -0.390 e. The number of anilines is 1. The van der Waals surface area contributed by atoms with Gasteiger partial charge in [0, 0.05) is 32.2 Å². The van der Waals surface area contributed by atoms with Gasteiger partial charge in [-0.15, -0.1) is 0 Å². The second-order valence-corrected chi connectivity index (χ2v) is 8.81. The number of pyridine rings is 1. The molecule has 2 unspecified atom stereocenters. The van der Waals surface area contributed by atoms with Gasteiger partial charge >= 0.3 is 0 Å². The predicted octanol–water partition coefficient (Wildman–Crippen LogP) is 1.16. The lowest BCUT2D eigenvalue weighted by Gasteiger charge is -2.58. The summed E-state index contributed by atoms with van der Waals surface area (Å²) in [7, 11) is 0. The van der Waals surface area contributed by atoms with Crippen LogP contribution in [0.3, 0.4) is 0 Å². The first kappa shape index (κ1) is 16.5. The van der Waals surface area contributed by atoms with E-state index in [9.17, 15) is 9.90 Å². The van der Waals surface area contributed by atoms with Gasteiger partial charge in [0.2, 0.25) is 0 Å². The SMILES string of the molecule is O=C(N[C@H]1C2CC3CC1C[C@](O)(C3)C2)c1cccc(N2CCNCC2)n1. The molecule has 1 aromatic heterocycles. The first-order chi connectivity index (χ1) is 12.6. The smallest absolute Gasteiger partial charge is 0.270 e. The molecular weight excluding hydrogens is 328 g/mol. The number of carbonyl (C=O) groups is 1. The summed E-state index contributed by atoms with van der Waals surface area (Å²) in [5.41, 5.74) is 0.0478. The maximum atomic E-state index is 12.9. The third kappa shape index (κ3) is 2.89. The number of aliphatic hydroxyl groups is 1. The monoisotopic (exact) mass is 356 g/mol. The van der Waals surface area contributed by atoms with Crippen LogP contribution in [0.2, 0.25) is 0 Å². The summed E-state index contributed by atoms with van der Waals surface area (Å²) < 4.78 is 0. The van der Waals surface area contributed by atoms with E-state index in [1.54, 1.807) is 0 Å². The van der Waals surface area contributed by atoms with Crippen molar-refractivity contribution in [1.29, 1.82) is 0 Å². The molecule has 1 amide bonds. The second-order valence-electron chi connectivity index (χ2n) is 8.81. The van der Waals surface area contributed by atoms with E-state index in [1.807, 2.05) is 18.2 Å². The highest BCUT2D eigenvalue weighted by Gasteiger charge is 2.55. The largest absolute Gasteiger partial charge is 0.390 e. The van der Waals surface area contributed by atoms with Gasteiger partial charge in [-0.1, -0.05) is 6.07 Å². The Morgan fingerprint density at radius 1 is 1.19 bits per heavy atom. The number of hydrogen-bond donors (Lipinski definition) is 3. The van der Waals surface area contributed by atoms with Gasteiger partial charge in [0.25, 0.3) is 5.91 Å². The van der Waals surface area contributed by atoms with E-state index < -0.39 is 5.60 Å². The van der Waals surface area contributed by atoms with Gasteiger partial charge in [0.15, 0.2) is 0 Å². The fourth-order valence-electron chi connectivity index (χ4n) is 6.06. The Morgan fingerprint density at radius 3 is 2.62 bits per heavy atom. The van der Waals surface area contributed by atoms with Crippen molar-refractivity contribution in [3.63, 3.8) is 0 Å². The Kier molecular flexibility index (Phi) is 3.94. The lowest BCUT2D eigenvalue weighted by molar-refractivity contribution is -0.136. The van der Waals surface area contributed by atoms with Gasteiger partial charge in [-0.3, -0.25) is 4.79 Å². The van der Waals surface area contributed by atoms with Gasteiger partial charge in [-0.2, -0.15) is 0 Å². The molecule has 1 aromatic rings. The van der Waals surface area contributed by atoms with Crippen molar-refractivity contribution in [3.8, 4) is 0 Å². The average molecular weight is 356 g/mol. The Balaban J connectivity index is 1.30. The van der Waals surface area contributed by atoms with E-state index in [1.165, 1.54) is 0 Å². The van der Waals surface area contributed by atoms with Crippen LogP contribution >= 0.6 is 0 Å². The molecule has 0 radical (unpaired) electrons. The molecule has 0 spiro atoms. The molecule has 2 atom stereocenters. The zero-order chi connectivity index (χ0) is 17.7. The third-order valence-electron chi connectivity index (χ3n) is 6.95. The summed E-state index contributed by atoms with van der Waals surface area (Å²) in [5, 5.41) is 17.3. The molecule has 0 aromatic carbocycles. The standard InChI is InChI=1S/C20H28N4O2/c25-19(16-2-1-3-17(22-16)24-6-4-21-5-7-24)23-18-14-8-13-9-15(18)12-20(26,10-13)11-14/h1-3,13-15,18,21,26H,4-12H2,(H,23,25)/t13?,14?,15?,18-,20-. The highest BCUT2D eigenvalue weighted by atomic mass is 16.3. The molecular formula is C20H28N4O2. The van der Waals surface area contributed by atoms with E-state index >= 15 is 0 Å². The maximum Gasteiger partial charge on any atom is 0.270 e. The molecule has 1 saturated heterocycles. The van der Waals surface area contributed by atoms with Crippen LogP contribution in [-0.2, 0) is 0 Å². The van der Waals surface area contributed by atoms with Crippen LogP contribution in [0.5, 0.6) is 0 Å². The van der Waals surface area contributed by atoms with Crippen molar-refractivity contribution in [3.05, 3.63) is 23.9 Å². The number of nitrogens with one attached hydrogen (secondary N) is 2. The van der Waals surface area contributed by atoms with Gasteiger partial charge in [0.1, 0.15) is 11.5 Å². The number of nitrogens with zero attached hydrogens (tertiary/aromatic N) is 2. The third-order valence-corrected chi connectivity index (χ3v) is 6.95. The van der Waals surface area contributed by atoms with E-state index in [2.05, 4.69) is 20.5 Å². The molecule has 1 aliphatic heterocycles. The molecule has 4 bridgehead atoms. The molecule has 3 N–H and O–H groups in total. The summed E-state index contributed by atoms with van der Waals surface area (Å²) in [6.45, 7) is 3.75. The van der Waals surface area contributed by atoms with E-state index in [-0.39, 0.29) is 11.9 Å². The van der Waals surface area contributed by atoms with E-state index in [0.29, 0.717) is 23.4 Å². The van der Waals surface area contributed by atoms with Crippen molar-refractivity contribution >= 4 is 11.7 Å². The second kappa shape index (κ2) is 6.20. The van der Waals surface area contributed by atoms with Crippen LogP contribution in [0.1, 0.15) is 42.6 Å². The van der Waals surface area contributed by atoms with Crippen molar-refractivity contribution < 1.29 is 9.90 Å². The Bertz CT molecular complexity index is 687. The minimum atomic E-state index is -0.460. The van der Waals surface area contributed by atoms with Crippen molar-refractivity contribution in [1.82, 2.24) is 15.6 Å². The summed E-state index contributed by atoms with van der Waals surface area (Å²) >= 11 is 0. The fraction of sp³-hybridized carbons (Fsp3) is 0.700.